The maximum absolute atomic E-state index is 13.0. The van der Waals surface area contributed by atoms with Gasteiger partial charge in [-0.1, -0.05) is 23.7 Å². The van der Waals surface area contributed by atoms with E-state index in [1.807, 2.05) is 0 Å². The summed E-state index contributed by atoms with van der Waals surface area (Å²) in [4.78, 5) is 50.4. The summed E-state index contributed by atoms with van der Waals surface area (Å²) in [7, 11) is 1.11. The van der Waals surface area contributed by atoms with Gasteiger partial charge in [-0.15, -0.1) is 0 Å². The van der Waals surface area contributed by atoms with Gasteiger partial charge in [0.25, 0.3) is 17.7 Å². The Labute approximate surface area is 228 Å². The van der Waals surface area contributed by atoms with E-state index >= 15 is 0 Å². The van der Waals surface area contributed by atoms with Crippen LogP contribution in [-0.2, 0) is 16.1 Å². The van der Waals surface area contributed by atoms with Crippen LogP contribution >= 0.6 is 11.6 Å². The molecule has 3 aromatic rings. The molecule has 0 unspecified atom stereocenters. The Bertz CT molecular complexity index is 1380. The van der Waals surface area contributed by atoms with Gasteiger partial charge < -0.3 is 36.0 Å². The van der Waals surface area contributed by atoms with Gasteiger partial charge in [-0.3, -0.25) is 14.4 Å². The second kappa shape index (κ2) is 12.7. The van der Waals surface area contributed by atoms with Crippen LogP contribution in [0.1, 0.15) is 42.2 Å². The van der Waals surface area contributed by atoms with Crippen molar-refractivity contribution in [3.8, 4) is 17.2 Å². The van der Waals surface area contributed by atoms with Crippen LogP contribution in [0.4, 0.5) is 0 Å². The molecular weight excluding hydrogens is 530 g/mol. The maximum atomic E-state index is 13.0. The van der Waals surface area contributed by atoms with E-state index in [0.717, 1.165) is 25.3 Å². The van der Waals surface area contributed by atoms with Crippen molar-refractivity contribution in [2.45, 2.75) is 19.5 Å². The molecule has 0 saturated heterocycles. The SMILES string of the molecule is COC(=O)[C@H](CNC(=O)c1cc(O)cc(O)c1)NC(=O)c1c(C)cc(C(=O)NCc2cccc(O)c2)cc1Cl. The van der Waals surface area contributed by atoms with Crippen LogP contribution in [-0.4, -0.2) is 58.7 Å². The van der Waals surface area contributed by atoms with Crippen LogP contribution in [0.25, 0.3) is 0 Å². The predicted molar refractivity (Wildman–Crippen MR) is 141 cm³/mol. The highest BCUT2D eigenvalue weighted by Gasteiger charge is 2.26. The number of aromatic hydroxyl groups is 3. The number of phenols is 3. The number of amides is 3. The normalized spacial score (nSPS) is 11.3. The van der Waals surface area contributed by atoms with Gasteiger partial charge in [0.1, 0.15) is 23.3 Å². The number of benzene rings is 3. The van der Waals surface area contributed by atoms with Gasteiger partial charge >= 0.3 is 5.97 Å². The monoisotopic (exact) mass is 555 g/mol. The molecule has 0 radical (unpaired) electrons. The van der Waals surface area contributed by atoms with Gasteiger partial charge in [0.15, 0.2) is 0 Å². The zero-order valence-electron chi connectivity index (χ0n) is 20.9. The van der Waals surface area contributed by atoms with Crippen LogP contribution in [0.2, 0.25) is 5.02 Å². The van der Waals surface area contributed by atoms with Crippen molar-refractivity contribution < 1.29 is 39.2 Å². The number of hydrogen-bond donors (Lipinski definition) is 6. The molecule has 3 aromatic carbocycles. The van der Waals surface area contributed by atoms with Gasteiger partial charge in [-0.05, 0) is 54.4 Å². The molecule has 39 heavy (non-hydrogen) atoms. The second-order valence-corrected chi connectivity index (χ2v) is 8.91. The Morgan fingerprint density at radius 3 is 2.10 bits per heavy atom. The Morgan fingerprint density at radius 1 is 0.846 bits per heavy atom. The molecule has 0 heterocycles. The topological polar surface area (TPSA) is 174 Å². The van der Waals surface area contributed by atoms with Gasteiger partial charge in [-0.2, -0.15) is 0 Å². The fourth-order valence-corrected chi connectivity index (χ4v) is 4.06. The van der Waals surface area contributed by atoms with E-state index in [1.54, 1.807) is 19.1 Å². The summed E-state index contributed by atoms with van der Waals surface area (Å²) >= 11 is 6.34. The maximum Gasteiger partial charge on any atom is 0.330 e. The van der Waals surface area contributed by atoms with E-state index in [9.17, 15) is 34.5 Å². The lowest BCUT2D eigenvalue weighted by Crippen LogP contribution is -2.49. The van der Waals surface area contributed by atoms with Crippen molar-refractivity contribution in [1.29, 1.82) is 0 Å². The summed E-state index contributed by atoms with van der Waals surface area (Å²) in [6.45, 7) is 1.34. The Hall–Kier alpha value is -4.77. The minimum atomic E-state index is -1.31. The molecular formula is C27H26ClN3O8. The van der Waals surface area contributed by atoms with Gasteiger partial charge in [0.2, 0.25) is 0 Å². The molecule has 11 nitrogen and oxygen atoms in total. The molecule has 0 bridgehead atoms. The number of ether oxygens (including phenoxy) is 1. The summed E-state index contributed by atoms with van der Waals surface area (Å²) in [6, 6.07) is 11.2. The van der Waals surface area contributed by atoms with Crippen molar-refractivity contribution in [1.82, 2.24) is 16.0 Å². The molecule has 0 aromatic heterocycles. The van der Waals surface area contributed by atoms with Gasteiger partial charge in [0.05, 0.1) is 17.7 Å². The fraction of sp³-hybridized carbons (Fsp3) is 0.185. The number of carbonyl (C=O) groups is 4. The molecule has 0 aliphatic rings. The first-order chi connectivity index (χ1) is 18.5. The summed E-state index contributed by atoms with van der Waals surface area (Å²) in [5.74, 6) is -3.37. The third-order valence-electron chi connectivity index (χ3n) is 5.56. The number of esters is 1. The standard InChI is InChI=1S/C27H26ClN3O8/c1-14-6-16(24(35)29-12-15-4-3-5-18(32)7-15)10-21(28)23(14)26(37)31-22(27(38)39-2)13-30-25(36)17-8-19(33)11-20(34)9-17/h3-11,22,32-34H,12-13H2,1-2H3,(H,29,35)(H,30,36)(H,31,37)/t22-/m0/s1. The summed E-state index contributed by atoms with van der Waals surface area (Å²) < 4.78 is 4.72. The third-order valence-corrected chi connectivity index (χ3v) is 5.86. The van der Waals surface area contributed by atoms with Crippen LogP contribution in [0, 0.1) is 6.92 Å². The fourth-order valence-electron chi connectivity index (χ4n) is 3.70. The highest BCUT2D eigenvalue weighted by molar-refractivity contribution is 6.34. The molecule has 12 heteroatoms. The van der Waals surface area contributed by atoms with Crippen molar-refractivity contribution in [3.05, 3.63) is 87.4 Å². The molecule has 0 aliphatic heterocycles. The third kappa shape index (κ3) is 7.62. The predicted octanol–water partition coefficient (Wildman–Crippen LogP) is 2.40. The van der Waals surface area contributed by atoms with Crippen molar-refractivity contribution in [2.75, 3.05) is 13.7 Å². The first-order valence-electron chi connectivity index (χ1n) is 11.5. The van der Waals surface area contributed by atoms with Crippen LogP contribution in [0.5, 0.6) is 17.2 Å². The van der Waals surface area contributed by atoms with Crippen LogP contribution < -0.4 is 16.0 Å². The van der Waals surface area contributed by atoms with Gasteiger partial charge in [-0.25, -0.2) is 4.79 Å². The lowest BCUT2D eigenvalue weighted by molar-refractivity contribution is -0.142. The van der Waals surface area contributed by atoms with E-state index in [4.69, 9.17) is 16.3 Å². The average molecular weight is 556 g/mol. The zero-order valence-corrected chi connectivity index (χ0v) is 21.7. The smallest absolute Gasteiger partial charge is 0.330 e. The Morgan fingerprint density at radius 2 is 1.49 bits per heavy atom. The zero-order chi connectivity index (χ0) is 28.7. The van der Waals surface area contributed by atoms with Crippen molar-refractivity contribution in [2.24, 2.45) is 0 Å². The van der Waals surface area contributed by atoms with Crippen LogP contribution in [0.15, 0.2) is 54.6 Å². The van der Waals surface area contributed by atoms with Crippen molar-refractivity contribution in [3.63, 3.8) is 0 Å². The summed E-state index contributed by atoms with van der Waals surface area (Å²) in [6.07, 6.45) is 0. The number of methoxy groups -OCH3 is 1. The molecule has 0 fully saturated rings. The lowest BCUT2D eigenvalue weighted by atomic mass is 10.0. The number of rotatable bonds is 9. The highest BCUT2D eigenvalue weighted by Crippen LogP contribution is 2.23. The first kappa shape index (κ1) is 28.8. The van der Waals surface area contributed by atoms with E-state index in [2.05, 4.69) is 16.0 Å². The number of nitrogens with one attached hydrogen (secondary N) is 3. The minimum absolute atomic E-state index is 0.0133. The molecule has 6 N–H and O–H groups in total. The summed E-state index contributed by atoms with van der Waals surface area (Å²) in [5, 5.41) is 36.3. The quantitative estimate of drug-likeness (QED) is 0.218. The van der Waals surface area contributed by atoms with E-state index in [-0.39, 0.29) is 52.1 Å². The average Bonchev–Trinajstić information content (AvgIpc) is 2.88. The van der Waals surface area contributed by atoms with E-state index in [0.29, 0.717) is 11.1 Å². The molecule has 3 amide bonds. The molecule has 0 spiro atoms. The molecule has 204 valence electrons. The lowest BCUT2D eigenvalue weighted by Gasteiger charge is -2.19. The summed E-state index contributed by atoms with van der Waals surface area (Å²) in [5.41, 5.74) is 1.17. The largest absolute Gasteiger partial charge is 0.508 e. The number of aryl methyl sites for hydroxylation is 1. The van der Waals surface area contributed by atoms with Crippen LogP contribution in [0.3, 0.4) is 0 Å². The number of halogens is 1. The molecule has 0 aliphatic carbocycles. The van der Waals surface area contributed by atoms with E-state index < -0.39 is 29.7 Å². The van der Waals surface area contributed by atoms with E-state index in [1.165, 1.54) is 24.3 Å². The van der Waals surface area contributed by atoms with Gasteiger partial charge in [0, 0.05) is 30.3 Å². The molecule has 0 saturated carbocycles. The number of carbonyl (C=O) groups excluding carboxylic acids is 4. The van der Waals surface area contributed by atoms with Crippen molar-refractivity contribution >= 4 is 35.3 Å². The number of phenolic OH excluding ortho intramolecular Hbond substituents is 3. The highest BCUT2D eigenvalue weighted by atomic mass is 35.5. The second-order valence-electron chi connectivity index (χ2n) is 8.50. The first-order valence-corrected chi connectivity index (χ1v) is 11.9. The molecule has 3 rings (SSSR count). The minimum Gasteiger partial charge on any atom is -0.508 e. The Balaban J connectivity index is 1.70. The molecule has 1 atom stereocenters. The Kier molecular flexibility index (Phi) is 9.34. The number of hydrogen-bond acceptors (Lipinski definition) is 8.